The van der Waals surface area contributed by atoms with E-state index in [1.807, 2.05) is 6.92 Å². The van der Waals surface area contributed by atoms with Gasteiger partial charge < -0.3 is 5.32 Å². The Kier molecular flexibility index (Phi) is 3.61. The Labute approximate surface area is 112 Å². The second-order valence-corrected chi connectivity index (χ2v) is 4.82. The number of aromatic nitrogens is 1. The van der Waals surface area contributed by atoms with Crippen LogP contribution in [-0.2, 0) is 0 Å². The number of urea groups is 1. The minimum absolute atomic E-state index is 0.0562. The van der Waals surface area contributed by atoms with Gasteiger partial charge in [0.15, 0.2) is 5.13 Å². The Balaban J connectivity index is 2.38. The number of nitro groups is 1. The number of nitro benzene ring substituents is 1. The topological polar surface area (TPSA) is 97.2 Å². The van der Waals surface area contributed by atoms with Crippen molar-refractivity contribution < 1.29 is 9.72 Å². The summed E-state index contributed by atoms with van der Waals surface area (Å²) < 4.78 is 0.709. The van der Waals surface area contributed by atoms with Crippen LogP contribution in [0.4, 0.5) is 15.6 Å². The van der Waals surface area contributed by atoms with Gasteiger partial charge in [-0.3, -0.25) is 15.4 Å². The summed E-state index contributed by atoms with van der Waals surface area (Å²) in [5, 5.41) is 16.5. The molecule has 1 aromatic carbocycles. The lowest BCUT2D eigenvalue weighted by atomic mass is 10.2. The molecule has 0 unspecified atom stereocenters. The molecule has 0 aliphatic heterocycles. The SMILES string of the molecule is CCNC(=O)Nc1nc2ccc([N+](=O)[O-])c(C)c2s1. The summed E-state index contributed by atoms with van der Waals surface area (Å²) in [7, 11) is 0. The maximum absolute atomic E-state index is 11.4. The number of amides is 2. The third-order valence-electron chi connectivity index (χ3n) is 2.53. The van der Waals surface area contributed by atoms with Crippen molar-refractivity contribution in [2.75, 3.05) is 11.9 Å². The highest BCUT2D eigenvalue weighted by atomic mass is 32.1. The zero-order valence-electron chi connectivity index (χ0n) is 10.4. The van der Waals surface area contributed by atoms with Crippen molar-refractivity contribution in [3.8, 4) is 0 Å². The van der Waals surface area contributed by atoms with E-state index in [1.165, 1.54) is 17.4 Å². The number of hydrogen-bond donors (Lipinski definition) is 2. The molecule has 8 heteroatoms. The number of thiazole rings is 1. The maximum atomic E-state index is 11.4. The fraction of sp³-hybridized carbons (Fsp3) is 0.273. The van der Waals surface area contributed by atoms with E-state index in [2.05, 4.69) is 15.6 Å². The van der Waals surface area contributed by atoms with E-state index in [0.717, 1.165) is 0 Å². The van der Waals surface area contributed by atoms with Gasteiger partial charge in [-0.25, -0.2) is 9.78 Å². The molecule has 0 radical (unpaired) electrons. The number of carbonyl (C=O) groups excluding carboxylic acids is 1. The summed E-state index contributed by atoms with van der Waals surface area (Å²) in [6, 6.07) is 2.67. The van der Waals surface area contributed by atoms with Crippen LogP contribution in [0.5, 0.6) is 0 Å². The van der Waals surface area contributed by atoms with E-state index in [-0.39, 0.29) is 11.7 Å². The first kappa shape index (κ1) is 13.2. The molecule has 0 atom stereocenters. The molecule has 0 spiro atoms. The van der Waals surface area contributed by atoms with E-state index in [0.29, 0.717) is 27.5 Å². The molecule has 2 aromatic rings. The molecule has 0 saturated carbocycles. The normalized spacial score (nSPS) is 10.4. The van der Waals surface area contributed by atoms with E-state index in [4.69, 9.17) is 0 Å². The largest absolute Gasteiger partial charge is 0.338 e. The third-order valence-corrected chi connectivity index (χ3v) is 3.64. The molecule has 0 saturated heterocycles. The van der Waals surface area contributed by atoms with Gasteiger partial charge >= 0.3 is 6.03 Å². The summed E-state index contributed by atoms with van der Waals surface area (Å²) in [6.45, 7) is 4.00. The first-order chi connectivity index (χ1) is 9.02. The Morgan fingerprint density at radius 1 is 1.53 bits per heavy atom. The molecular formula is C11H12N4O3S. The molecule has 2 amide bonds. The Bertz CT molecular complexity index is 653. The highest BCUT2D eigenvalue weighted by Crippen LogP contribution is 2.33. The van der Waals surface area contributed by atoms with Crippen LogP contribution in [0.15, 0.2) is 12.1 Å². The minimum atomic E-state index is -0.425. The summed E-state index contributed by atoms with van der Waals surface area (Å²) in [5.74, 6) is 0. The minimum Gasteiger partial charge on any atom is -0.338 e. The lowest BCUT2D eigenvalue weighted by molar-refractivity contribution is -0.385. The average Bonchev–Trinajstić information content (AvgIpc) is 2.72. The standard InChI is InChI=1S/C11H12N4O3S/c1-3-12-10(16)14-11-13-7-4-5-8(15(17)18)6(2)9(7)19-11/h4-5H,3H2,1-2H3,(H2,12,13,14,16). The molecule has 2 rings (SSSR count). The van der Waals surface area contributed by atoms with Crippen LogP contribution in [0, 0.1) is 17.0 Å². The molecule has 1 aromatic heterocycles. The van der Waals surface area contributed by atoms with Gasteiger partial charge in [-0.15, -0.1) is 0 Å². The molecule has 1 heterocycles. The molecule has 0 aliphatic carbocycles. The summed E-state index contributed by atoms with van der Waals surface area (Å²) in [5.41, 5.74) is 1.25. The fourth-order valence-electron chi connectivity index (χ4n) is 1.67. The number of hydrogen-bond acceptors (Lipinski definition) is 5. The first-order valence-electron chi connectivity index (χ1n) is 5.62. The zero-order valence-corrected chi connectivity index (χ0v) is 11.2. The molecule has 100 valence electrons. The molecule has 0 fully saturated rings. The van der Waals surface area contributed by atoms with Crippen molar-refractivity contribution in [2.45, 2.75) is 13.8 Å². The van der Waals surface area contributed by atoms with Crippen LogP contribution in [0.3, 0.4) is 0 Å². The van der Waals surface area contributed by atoms with Crippen molar-refractivity contribution in [1.29, 1.82) is 0 Å². The number of nitrogens with zero attached hydrogens (tertiary/aromatic N) is 2. The van der Waals surface area contributed by atoms with Crippen LogP contribution >= 0.6 is 11.3 Å². The number of carbonyl (C=O) groups is 1. The van der Waals surface area contributed by atoms with Crippen molar-refractivity contribution in [1.82, 2.24) is 10.3 Å². The van der Waals surface area contributed by atoms with Crippen LogP contribution in [0.1, 0.15) is 12.5 Å². The van der Waals surface area contributed by atoms with Gasteiger partial charge in [-0.2, -0.15) is 0 Å². The highest BCUT2D eigenvalue weighted by Gasteiger charge is 2.16. The van der Waals surface area contributed by atoms with Gasteiger partial charge in [0.25, 0.3) is 5.69 Å². The average molecular weight is 280 g/mol. The smallest absolute Gasteiger partial charge is 0.321 e. The summed E-state index contributed by atoms with van der Waals surface area (Å²) in [6.07, 6.45) is 0. The Morgan fingerprint density at radius 2 is 2.26 bits per heavy atom. The van der Waals surface area contributed by atoms with Gasteiger partial charge in [-0.05, 0) is 19.9 Å². The number of fused-ring (bicyclic) bond motifs is 1. The van der Waals surface area contributed by atoms with Crippen LogP contribution in [-0.4, -0.2) is 22.5 Å². The zero-order chi connectivity index (χ0) is 14.0. The quantitative estimate of drug-likeness (QED) is 0.667. The number of aryl methyl sites for hydroxylation is 1. The number of benzene rings is 1. The van der Waals surface area contributed by atoms with Crippen LogP contribution < -0.4 is 10.6 Å². The predicted octanol–water partition coefficient (Wildman–Crippen LogP) is 2.65. The second-order valence-electron chi connectivity index (χ2n) is 3.82. The fourth-order valence-corrected chi connectivity index (χ4v) is 2.62. The maximum Gasteiger partial charge on any atom is 0.321 e. The molecule has 2 N–H and O–H groups in total. The number of rotatable bonds is 3. The summed E-state index contributed by atoms with van der Waals surface area (Å²) in [4.78, 5) is 26.0. The van der Waals surface area contributed by atoms with Gasteiger partial charge in [0.1, 0.15) is 0 Å². The van der Waals surface area contributed by atoms with Crippen molar-refractivity contribution in [2.24, 2.45) is 0 Å². The molecular weight excluding hydrogens is 268 g/mol. The lowest BCUT2D eigenvalue weighted by Gasteiger charge is -2.00. The highest BCUT2D eigenvalue weighted by molar-refractivity contribution is 7.22. The van der Waals surface area contributed by atoms with Gasteiger partial charge in [0.05, 0.1) is 15.1 Å². The third kappa shape index (κ3) is 2.63. The molecule has 0 bridgehead atoms. The van der Waals surface area contributed by atoms with Crippen molar-refractivity contribution >= 4 is 38.4 Å². The van der Waals surface area contributed by atoms with Gasteiger partial charge in [-0.1, -0.05) is 11.3 Å². The monoisotopic (exact) mass is 280 g/mol. The molecule has 7 nitrogen and oxygen atoms in total. The second kappa shape index (κ2) is 5.19. The van der Waals surface area contributed by atoms with Gasteiger partial charge in [0.2, 0.25) is 0 Å². The van der Waals surface area contributed by atoms with Crippen LogP contribution in [0.2, 0.25) is 0 Å². The number of anilines is 1. The summed E-state index contributed by atoms with van der Waals surface area (Å²) >= 11 is 1.22. The predicted molar refractivity (Wildman–Crippen MR) is 73.7 cm³/mol. The van der Waals surface area contributed by atoms with Crippen molar-refractivity contribution in [3.63, 3.8) is 0 Å². The van der Waals surface area contributed by atoms with E-state index >= 15 is 0 Å². The van der Waals surface area contributed by atoms with E-state index < -0.39 is 4.92 Å². The Morgan fingerprint density at radius 3 is 2.89 bits per heavy atom. The van der Waals surface area contributed by atoms with Gasteiger partial charge in [0, 0.05) is 18.2 Å². The van der Waals surface area contributed by atoms with Crippen molar-refractivity contribution in [3.05, 3.63) is 27.8 Å². The lowest BCUT2D eigenvalue weighted by Crippen LogP contribution is -2.28. The Hall–Kier alpha value is -2.22. The first-order valence-corrected chi connectivity index (χ1v) is 6.44. The van der Waals surface area contributed by atoms with Crippen LogP contribution in [0.25, 0.3) is 10.2 Å². The van der Waals surface area contributed by atoms with E-state index in [9.17, 15) is 14.9 Å². The number of nitrogens with one attached hydrogen (secondary N) is 2. The van der Waals surface area contributed by atoms with E-state index in [1.54, 1.807) is 13.0 Å². The molecule has 19 heavy (non-hydrogen) atoms. The molecule has 0 aliphatic rings.